The molecule has 2 aromatic rings. The molecule has 1 saturated carbocycles. The fourth-order valence-electron chi connectivity index (χ4n) is 2.49. The van der Waals surface area contributed by atoms with E-state index in [-0.39, 0.29) is 17.9 Å². The molecule has 0 aromatic carbocycles. The Bertz CT molecular complexity index is 691. The second-order valence-electron chi connectivity index (χ2n) is 5.90. The molecule has 0 spiro atoms. The number of anilines is 1. The molecule has 1 fully saturated rings. The Morgan fingerprint density at radius 1 is 1.35 bits per heavy atom. The summed E-state index contributed by atoms with van der Waals surface area (Å²) in [6, 6.07) is 4.98. The van der Waals surface area contributed by atoms with Crippen LogP contribution in [0.4, 0.5) is 5.82 Å². The van der Waals surface area contributed by atoms with Gasteiger partial charge in [0.25, 0.3) is 5.91 Å². The quantitative estimate of drug-likeness (QED) is 0.854. The highest BCUT2D eigenvalue weighted by Crippen LogP contribution is 2.40. The van der Waals surface area contributed by atoms with Crippen LogP contribution in [0, 0.1) is 5.92 Å². The second-order valence-corrected chi connectivity index (χ2v) is 6.85. The number of hydrogen-bond acceptors (Lipinski definition) is 4. The first-order valence-electron chi connectivity index (χ1n) is 7.75. The maximum absolute atomic E-state index is 12.3. The van der Waals surface area contributed by atoms with Crippen LogP contribution in [0.1, 0.15) is 42.4 Å². The number of hydrogen-bond donors (Lipinski definition) is 2. The minimum absolute atomic E-state index is 0.234. The summed E-state index contributed by atoms with van der Waals surface area (Å²) < 4.78 is 1.85. The van der Waals surface area contributed by atoms with Crippen LogP contribution in [0.2, 0.25) is 0 Å². The van der Waals surface area contributed by atoms with Crippen LogP contribution < -0.4 is 10.6 Å². The molecule has 122 valence electrons. The van der Waals surface area contributed by atoms with E-state index in [9.17, 15) is 9.59 Å². The third kappa shape index (κ3) is 3.61. The molecule has 1 aliphatic rings. The van der Waals surface area contributed by atoms with E-state index in [0.717, 1.165) is 0 Å². The normalized spacial score (nSPS) is 16.6. The summed E-state index contributed by atoms with van der Waals surface area (Å²) >= 11 is 1.35. The van der Waals surface area contributed by atoms with Crippen molar-refractivity contribution in [2.75, 3.05) is 5.32 Å². The van der Waals surface area contributed by atoms with Crippen molar-refractivity contribution >= 4 is 29.0 Å². The highest BCUT2D eigenvalue weighted by Gasteiger charge is 2.31. The summed E-state index contributed by atoms with van der Waals surface area (Å²) in [6.07, 6.45) is 4.10. The molecule has 2 unspecified atom stereocenters. The molecular formula is C16H20N4O2S. The van der Waals surface area contributed by atoms with Gasteiger partial charge in [0, 0.05) is 6.07 Å². The largest absolute Gasteiger partial charge is 0.340 e. The van der Waals surface area contributed by atoms with E-state index >= 15 is 0 Å². The van der Waals surface area contributed by atoms with Crippen LogP contribution in [0.15, 0.2) is 29.8 Å². The number of thiophene rings is 1. The van der Waals surface area contributed by atoms with Gasteiger partial charge >= 0.3 is 0 Å². The predicted octanol–water partition coefficient (Wildman–Crippen LogP) is 2.67. The Balaban J connectivity index is 1.60. The van der Waals surface area contributed by atoms with Gasteiger partial charge in [0.2, 0.25) is 5.91 Å². The zero-order chi connectivity index (χ0) is 16.4. The van der Waals surface area contributed by atoms with Gasteiger partial charge in [-0.1, -0.05) is 6.07 Å². The molecule has 7 heteroatoms. The summed E-state index contributed by atoms with van der Waals surface area (Å²) in [4.78, 5) is 24.9. The van der Waals surface area contributed by atoms with Crippen molar-refractivity contribution < 1.29 is 9.59 Å². The van der Waals surface area contributed by atoms with Gasteiger partial charge in [0.1, 0.15) is 11.9 Å². The molecule has 2 N–H and O–H groups in total. The molecule has 2 atom stereocenters. The third-order valence-electron chi connectivity index (χ3n) is 4.10. The number of nitrogens with one attached hydrogen (secondary N) is 2. The van der Waals surface area contributed by atoms with E-state index in [1.165, 1.54) is 24.2 Å². The first-order valence-corrected chi connectivity index (χ1v) is 8.63. The first-order chi connectivity index (χ1) is 11.1. The van der Waals surface area contributed by atoms with Crippen molar-refractivity contribution in [1.82, 2.24) is 15.1 Å². The van der Waals surface area contributed by atoms with Gasteiger partial charge in [-0.05, 0) is 44.1 Å². The first kappa shape index (κ1) is 15.7. The van der Waals surface area contributed by atoms with Gasteiger partial charge in [-0.2, -0.15) is 5.10 Å². The summed E-state index contributed by atoms with van der Waals surface area (Å²) in [5.74, 6) is 0.829. The highest BCUT2D eigenvalue weighted by atomic mass is 32.1. The summed E-state index contributed by atoms with van der Waals surface area (Å²) in [5, 5.41) is 11.7. The van der Waals surface area contributed by atoms with Crippen LogP contribution in [0.25, 0.3) is 0 Å². The zero-order valence-electron chi connectivity index (χ0n) is 13.2. The van der Waals surface area contributed by atoms with E-state index in [2.05, 4.69) is 22.7 Å². The molecule has 0 radical (unpaired) electrons. The minimum Gasteiger partial charge on any atom is -0.340 e. The highest BCUT2D eigenvalue weighted by molar-refractivity contribution is 7.12. The minimum atomic E-state index is -0.621. The number of rotatable bonds is 6. The fourth-order valence-corrected chi connectivity index (χ4v) is 3.12. The van der Waals surface area contributed by atoms with Crippen molar-refractivity contribution in [3.05, 3.63) is 34.7 Å². The molecule has 0 saturated heterocycles. The SMILES string of the molecule is CC(NC(=O)c1cccs1)C(=O)Nc1ccnn1C(C)C1CC1. The van der Waals surface area contributed by atoms with E-state index < -0.39 is 6.04 Å². The van der Waals surface area contributed by atoms with E-state index in [1.54, 1.807) is 25.3 Å². The lowest BCUT2D eigenvalue weighted by Crippen LogP contribution is -2.41. The monoisotopic (exact) mass is 332 g/mol. The van der Waals surface area contributed by atoms with Gasteiger partial charge in [-0.25, -0.2) is 4.68 Å². The number of carbonyl (C=O) groups is 2. The molecule has 6 nitrogen and oxygen atoms in total. The van der Waals surface area contributed by atoms with Crippen LogP contribution >= 0.6 is 11.3 Å². The molecule has 3 rings (SSSR count). The Morgan fingerprint density at radius 3 is 2.78 bits per heavy atom. The van der Waals surface area contributed by atoms with Crippen LogP contribution in [-0.2, 0) is 4.79 Å². The molecule has 0 aliphatic heterocycles. The molecule has 1 aliphatic carbocycles. The lowest BCUT2D eigenvalue weighted by Gasteiger charge is -2.17. The van der Waals surface area contributed by atoms with E-state index in [1.807, 2.05) is 16.1 Å². The summed E-state index contributed by atoms with van der Waals surface area (Å²) in [6.45, 7) is 3.79. The summed E-state index contributed by atoms with van der Waals surface area (Å²) in [7, 11) is 0. The molecular weight excluding hydrogens is 312 g/mol. The van der Waals surface area contributed by atoms with Gasteiger partial charge in [-0.3, -0.25) is 9.59 Å². The molecule has 2 amide bonds. The Morgan fingerprint density at radius 2 is 2.13 bits per heavy atom. The third-order valence-corrected chi connectivity index (χ3v) is 4.97. The fraction of sp³-hybridized carbons (Fsp3) is 0.438. The van der Waals surface area contributed by atoms with Crippen molar-refractivity contribution in [2.24, 2.45) is 5.92 Å². The van der Waals surface area contributed by atoms with Crippen molar-refractivity contribution in [3.63, 3.8) is 0 Å². The van der Waals surface area contributed by atoms with E-state index in [0.29, 0.717) is 16.6 Å². The topological polar surface area (TPSA) is 76.0 Å². The van der Waals surface area contributed by atoms with Gasteiger partial charge in [-0.15, -0.1) is 11.3 Å². The number of amides is 2. The Hall–Kier alpha value is -2.15. The lowest BCUT2D eigenvalue weighted by atomic mass is 10.2. The average Bonchev–Trinajstić information content (AvgIpc) is 3.04. The molecule has 0 bridgehead atoms. The molecule has 2 aromatic heterocycles. The zero-order valence-corrected chi connectivity index (χ0v) is 14.0. The smallest absolute Gasteiger partial charge is 0.261 e. The predicted molar refractivity (Wildman–Crippen MR) is 89.5 cm³/mol. The Kier molecular flexibility index (Phi) is 4.47. The van der Waals surface area contributed by atoms with Crippen LogP contribution in [0.3, 0.4) is 0 Å². The van der Waals surface area contributed by atoms with Gasteiger partial charge in [0.05, 0.1) is 17.1 Å². The summed E-state index contributed by atoms with van der Waals surface area (Å²) in [5.41, 5.74) is 0. The number of aromatic nitrogens is 2. The molecule has 23 heavy (non-hydrogen) atoms. The lowest BCUT2D eigenvalue weighted by molar-refractivity contribution is -0.117. The standard InChI is InChI=1S/C16H20N4O2S/c1-10(18-16(22)13-4-3-9-23-13)15(21)19-14-7-8-17-20(14)11(2)12-5-6-12/h3-4,7-12H,5-6H2,1-2H3,(H,18,22)(H,19,21). The van der Waals surface area contributed by atoms with Crippen molar-refractivity contribution in [1.29, 1.82) is 0 Å². The van der Waals surface area contributed by atoms with Gasteiger partial charge < -0.3 is 10.6 Å². The number of nitrogens with zero attached hydrogens (tertiary/aromatic N) is 2. The van der Waals surface area contributed by atoms with Crippen LogP contribution in [0.5, 0.6) is 0 Å². The second kappa shape index (κ2) is 6.54. The number of carbonyl (C=O) groups excluding carboxylic acids is 2. The van der Waals surface area contributed by atoms with Crippen molar-refractivity contribution in [2.45, 2.75) is 38.8 Å². The molecule has 2 heterocycles. The Labute approximate surface area is 138 Å². The van der Waals surface area contributed by atoms with Gasteiger partial charge in [0.15, 0.2) is 0 Å². The van der Waals surface area contributed by atoms with E-state index in [4.69, 9.17) is 0 Å². The maximum atomic E-state index is 12.3. The maximum Gasteiger partial charge on any atom is 0.261 e. The van der Waals surface area contributed by atoms with Crippen molar-refractivity contribution in [3.8, 4) is 0 Å². The average molecular weight is 332 g/mol. The van der Waals surface area contributed by atoms with Crippen LogP contribution in [-0.4, -0.2) is 27.6 Å².